The number of rotatable bonds is 6. The molecule has 6 heteroatoms. The molecule has 0 aliphatic carbocycles. The summed E-state index contributed by atoms with van der Waals surface area (Å²) in [5, 5.41) is 7.43. The van der Waals surface area contributed by atoms with Crippen LogP contribution in [0.4, 0.5) is 0 Å². The summed E-state index contributed by atoms with van der Waals surface area (Å²) in [6.07, 6.45) is 6.52. The molecule has 122 valence electrons. The highest BCUT2D eigenvalue weighted by Gasteiger charge is 2.17. The van der Waals surface area contributed by atoms with E-state index in [9.17, 15) is 0 Å². The van der Waals surface area contributed by atoms with E-state index < -0.39 is 0 Å². The molecule has 0 bridgehead atoms. The van der Waals surface area contributed by atoms with E-state index in [0.717, 1.165) is 36.5 Å². The van der Waals surface area contributed by atoms with Crippen molar-refractivity contribution in [3.05, 3.63) is 53.1 Å². The Labute approximate surface area is 141 Å². The molecular formula is C17H21ClN4O. The maximum Gasteiger partial charge on any atom is 0.142 e. The zero-order valence-electron chi connectivity index (χ0n) is 13.1. The lowest BCUT2D eigenvalue weighted by atomic mass is 10.2. The maximum atomic E-state index is 6.06. The summed E-state index contributed by atoms with van der Waals surface area (Å²) >= 11 is 5.88. The number of hydrogen-bond acceptors (Lipinski definition) is 5. The van der Waals surface area contributed by atoms with E-state index in [-0.39, 0.29) is 12.1 Å². The molecule has 3 heterocycles. The van der Waals surface area contributed by atoms with Gasteiger partial charge in [-0.25, -0.2) is 0 Å². The van der Waals surface area contributed by atoms with Crippen LogP contribution in [0.1, 0.15) is 30.6 Å². The molecule has 23 heavy (non-hydrogen) atoms. The first-order chi connectivity index (χ1) is 11.2. The van der Waals surface area contributed by atoms with Crippen LogP contribution in [0.25, 0.3) is 0 Å². The Morgan fingerprint density at radius 2 is 2.30 bits per heavy atom. The van der Waals surface area contributed by atoms with Crippen molar-refractivity contribution in [2.75, 3.05) is 13.1 Å². The molecular weight excluding hydrogens is 312 g/mol. The molecule has 2 atom stereocenters. The fourth-order valence-electron chi connectivity index (χ4n) is 2.58. The van der Waals surface area contributed by atoms with Crippen LogP contribution in [0.15, 0.2) is 36.8 Å². The van der Waals surface area contributed by atoms with Gasteiger partial charge in [0, 0.05) is 37.1 Å². The summed E-state index contributed by atoms with van der Waals surface area (Å²) in [6.45, 7) is 4.69. The minimum atomic E-state index is 0.126. The molecule has 1 fully saturated rings. The molecule has 2 N–H and O–H groups in total. The van der Waals surface area contributed by atoms with Crippen LogP contribution in [-0.4, -0.2) is 29.2 Å². The van der Waals surface area contributed by atoms with Crippen molar-refractivity contribution < 1.29 is 4.74 Å². The van der Waals surface area contributed by atoms with Crippen LogP contribution in [0.2, 0.25) is 5.02 Å². The van der Waals surface area contributed by atoms with Crippen LogP contribution in [0.3, 0.4) is 0 Å². The topological polar surface area (TPSA) is 59.1 Å². The number of pyridine rings is 2. The Morgan fingerprint density at radius 3 is 3.04 bits per heavy atom. The average Bonchev–Trinajstić information content (AvgIpc) is 3.07. The smallest absolute Gasteiger partial charge is 0.142 e. The number of nitrogens with one attached hydrogen (secondary N) is 2. The summed E-state index contributed by atoms with van der Waals surface area (Å²) in [5.41, 5.74) is 2.07. The summed E-state index contributed by atoms with van der Waals surface area (Å²) in [6, 6.07) is 5.92. The van der Waals surface area contributed by atoms with E-state index in [1.807, 2.05) is 18.2 Å². The zero-order valence-corrected chi connectivity index (χ0v) is 13.9. The van der Waals surface area contributed by atoms with Crippen LogP contribution >= 0.6 is 11.6 Å². The van der Waals surface area contributed by atoms with Gasteiger partial charge in [-0.1, -0.05) is 11.6 Å². The molecule has 1 unspecified atom stereocenters. The van der Waals surface area contributed by atoms with E-state index in [0.29, 0.717) is 11.6 Å². The van der Waals surface area contributed by atoms with Crippen LogP contribution in [0, 0.1) is 0 Å². The van der Waals surface area contributed by atoms with Crippen molar-refractivity contribution in [2.24, 2.45) is 0 Å². The number of nitrogens with zero attached hydrogens (tertiary/aromatic N) is 2. The molecule has 2 aromatic heterocycles. The summed E-state index contributed by atoms with van der Waals surface area (Å²) in [7, 11) is 0. The third-order valence-corrected chi connectivity index (χ3v) is 4.19. The van der Waals surface area contributed by atoms with Crippen molar-refractivity contribution in [1.82, 2.24) is 20.6 Å². The van der Waals surface area contributed by atoms with Gasteiger partial charge in [0.2, 0.25) is 0 Å². The maximum absolute atomic E-state index is 6.06. The SMILES string of the molecule is CC(NCc1ccncc1O[C@H]1CCNC1)c1ccc(Cl)cn1. The average molecular weight is 333 g/mol. The van der Waals surface area contributed by atoms with Crippen LogP contribution < -0.4 is 15.4 Å². The highest BCUT2D eigenvalue weighted by molar-refractivity contribution is 6.30. The molecule has 0 amide bonds. The zero-order chi connectivity index (χ0) is 16.1. The second-order valence-corrected chi connectivity index (χ2v) is 6.16. The highest BCUT2D eigenvalue weighted by Crippen LogP contribution is 2.21. The first-order valence-electron chi connectivity index (χ1n) is 7.87. The number of aromatic nitrogens is 2. The van der Waals surface area contributed by atoms with Crippen molar-refractivity contribution in [3.8, 4) is 5.75 Å². The fourth-order valence-corrected chi connectivity index (χ4v) is 2.69. The first-order valence-corrected chi connectivity index (χ1v) is 8.25. The molecule has 1 aliphatic heterocycles. The normalized spacial score (nSPS) is 18.8. The van der Waals surface area contributed by atoms with Gasteiger partial charge in [0.1, 0.15) is 11.9 Å². The second-order valence-electron chi connectivity index (χ2n) is 5.72. The van der Waals surface area contributed by atoms with E-state index in [1.165, 1.54) is 0 Å². The molecule has 1 saturated heterocycles. The minimum absolute atomic E-state index is 0.126. The summed E-state index contributed by atoms with van der Waals surface area (Å²) < 4.78 is 6.06. The van der Waals surface area contributed by atoms with Crippen molar-refractivity contribution in [1.29, 1.82) is 0 Å². The second kappa shape index (κ2) is 7.73. The molecule has 5 nitrogen and oxygen atoms in total. The predicted molar refractivity (Wildman–Crippen MR) is 90.6 cm³/mol. The van der Waals surface area contributed by atoms with Gasteiger partial charge < -0.3 is 15.4 Å². The summed E-state index contributed by atoms with van der Waals surface area (Å²) in [4.78, 5) is 8.53. The molecule has 0 saturated carbocycles. The minimum Gasteiger partial charge on any atom is -0.487 e. The van der Waals surface area contributed by atoms with Crippen molar-refractivity contribution in [2.45, 2.75) is 32.0 Å². The lowest BCUT2D eigenvalue weighted by Crippen LogP contribution is -2.22. The third-order valence-electron chi connectivity index (χ3n) is 3.97. The number of ether oxygens (including phenoxy) is 1. The quantitative estimate of drug-likeness (QED) is 0.851. The van der Waals surface area contributed by atoms with Gasteiger partial charge in [-0.15, -0.1) is 0 Å². The number of halogens is 1. The van der Waals surface area contributed by atoms with Crippen LogP contribution in [-0.2, 0) is 6.54 Å². The molecule has 0 spiro atoms. The van der Waals surface area contributed by atoms with E-state index >= 15 is 0 Å². The molecule has 1 aliphatic rings. The van der Waals surface area contributed by atoms with Gasteiger partial charge in [0.05, 0.1) is 16.9 Å². The van der Waals surface area contributed by atoms with Gasteiger partial charge in [-0.05, 0) is 38.1 Å². The van der Waals surface area contributed by atoms with Crippen molar-refractivity contribution >= 4 is 11.6 Å². The summed E-state index contributed by atoms with van der Waals surface area (Å²) in [5.74, 6) is 0.852. The van der Waals surface area contributed by atoms with Gasteiger partial charge in [0.25, 0.3) is 0 Å². The predicted octanol–water partition coefficient (Wildman–Crippen LogP) is 2.72. The lowest BCUT2D eigenvalue weighted by molar-refractivity contribution is 0.219. The van der Waals surface area contributed by atoms with Gasteiger partial charge in [-0.2, -0.15) is 0 Å². The third kappa shape index (κ3) is 4.41. The monoisotopic (exact) mass is 332 g/mol. The Hall–Kier alpha value is -1.69. The Kier molecular flexibility index (Phi) is 5.43. The van der Waals surface area contributed by atoms with E-state index in [1.54, 1.807) is 18.6 Å². The molecule has 0 aromatic carbocycles. The molecule has 0 radical (unpaired) electrons. The van der Waals surface area contributed by atoms with Crippen molar-refractivity contribution in [3.63, 3.8) is 0 Å². The van der Waals surface area contributed by atoms with Gasteiger partial charge in [0.15, 0.2) is 0 Å². The molecule has 3 rings (SSSR count). The lowest BCUT2D eigenvalue weighted by Gasteiger charge is -2.18. The Bertz CT molecular complexity index is 629. The fraction of sp³-hybridized carbons (Fsp3) is 0.412. The molecule has 2 aromatic rings. The van der Waals surface area contributed by atoms with Gasteiger partial charge >= 0.3 is 0 Å². The highest BCUT2D eigenvalue weighted by atomic mass is 35.5. The Balaban J connectivity index is 1.62. The number of hydrogen-bond donors (Lipinski definition) is 2. The first kappa shape index (κ1) is 16.2. The standard InChI is InChI=1S/C17H21ClN4O/c1-12(16-3-2-14(18)9-22-16)21-8-13-4-6-20-11-17(13)23-15-5-7-19-10-15/h2-4,6,9,11-12,15,19,21H,5,7-8,10H2,1H3/t12?,15-/m0/s1. The van der Waals surface area contributed by atoms with Gasteiger partial charge in [-0.3, -0.25) is 9.97 Å². The van der Waals surface area contributed by atoms with Crippen LogP contribution in [0.5, 0.6) is 5.75 Å². The van der Waals surface area contributed by atoms with E-state index in [2.05, 4.69) is 27.5 Å². The van der Waals surface area contributed by atoms with E-state index in [4.69, 9.17) is 16.3 Å². The largest absolute Gasteiger partial charge is 0.487 e. The Morgan fingerprint density at radius 1 is 1.39 bits per heavy atom.